The molecule has 0 bridgehead atoms. The van der Waals surface area contributed by atoms with Crippen molar-refractivity contribution >= 4 is 15.9 Å². The Bertz CT molecular complexity index is 447. The van der Waals surface area contributed by atoms with Gasteiger partial charge in [0.25, 0.3) is 0 Å². The van der Waals surface area contributed by atoms with E-state index in [-0.39, 0.29) is 5.82 Å². The van der Waals surface area contributed by atoms with Crippen LogP contribution in [0.3, 0.4) is 0 Å². The molecule has 1 saturated carbocycles. The van der Waals surface area contributed by atoms with Gasteiger partial charge in [0.2, 0.25) is 0 Å². The number of ether oxygens (including phenoxy) is 1. The van der Waals surface area contributed by atoms with Gasteiger partial charge < -0.3 is 4.74 Å². The van der Waals surface area contributed by atoms with Crippen LogP contribution in [0.2, 0.25) is 0 Å². The van der Waals surface area contributed by atoms with Gasteiger partial charge in [-0.3, -0.25) is 0 Å². The highest BCUT2D eigenvalue weighted by atomic mass is 79.9. The first-order valence-electron chi connectivity index (χ1n) is 7.48. The van der Waals surface area contributed by atoms with E-state index < -0.39 is 0 Å². The lowest BCUT2D eigenvalue weighted by atomic mass is 9.74. The van der Waals surface area contributed by atoms with Crippen molar-refractivity contribution in [3.8, 4) is 5.75 Å². The van der Waals surface area contributed by atoms with Crippen LogP contribution in [-0.4, -0.2) is 11.9 Å². The zero-order valence-corrected chi connectivity index (χ0v) is 14.1. The molecule has 2 rings (SSSR count). The number of rotatable bonds is 4. The van der Waals surface area contributed by atoms with E-state index in [1.54, 1.807) is 6.07 Å². The van der Waals surface area contributed by atoms with E-state index in [1.165, 1.54) is 26.4 Å². The van der Waals surface area contributed by atoms with Crippen molar-refractivity contribution in [3.05, 3.63) is 29.6 Å². The van der Waals surface area contributed by atoms with E-state index in [9.17, 15) is 4.39 Å². The second-order valence-electron chi connectivity index (χ2n) is 6.23. The Morgan fingerprint density at radius 2 is 2.10 bits per heavy atom. The van der Waals surface area contributed by atoms with Gasteiger partial charge in [0.1, 0.15) is 0 Å². The fourth-order valence-electron chi connectivity index (χ4n) is 3.23. The van der Waals surface area contributed by atoms with Crippen LogP contribution in [0.25, 0.3) is 0 Å². The third-order valence-corrected chi connectivity index (χ3v) is 5.82. The molecule has 0 N–H and O–H groups in total. The maximum absolute atomic E-state index is 14.3. The summed E-state index contributed by atoms with van der Waals surface area (Å²) in [6.07, 6.45) is 4.45. The molecule has 0 aliphatic heterocycles. The van der Waals surface area contributed by atoms with Gasteiger partial charge in [-0.15, -0.1) is 0 Å². The minimum absolute atomic E-state index is 0.193. The van der Waals surface area contributed by atoms with Gasteiger partial charge in [-0.2, -0.15) is 0 Å². The molecule has 0 amide bonds. The van der Waals surface area contributed by atoms with E-state index >= 15 is 0 Å². The smallest absolute Gasteiger partial charge is 0.168 e. The number of hydrogen-bond acceptors (Lipinski definition) is 1. The van der Waals surface area contributed by atoms with E-state index in [4.69, 9.17) is 4.74 Å². The lowest BCUT2D eigenvalue weighted by molar-refractivity contribution is 0.221. The molecule has 0 heterocycles. The van der Waals surface area contributed by atoms with Gasteiger partial charge in [-0.1, -0.05) is 41.9 Å². The zero-order valence-electron chi connectivity index (χ0n) is 12.5. The lowest BCUT2D eigenvalue weighted by Gasteiger charge is -2.35. The highest BCUT2D eigenvalue weighted by molar-refractivity contribution is 9.09. The SMILES string of the molecule is COc1cccc(CC2CC(C(C)C)CCC2Br)c1F. The molecule has 20 heavy (non-hydrogen) atoms. The first-order chi connectivity index (χ1) is 9.52. The summed E-state index contributed by atoms with van der Waals surface area (Å²) in [6, 6.07) is 5.45. The van der Waals surface area contributed by atoms with Crippen molar-refractivity contribution < 1.29 is 9.13 Å². The summed E-state index contributed by atoms with van der Waals surface area (Å²) < 4.78 is 19.3. The van der Waals surface area contributed by atoms with E-state index in [0.717, 1.165) is 17.9 Å². The molecule has 0 spiro atoms. The molecular weight excluding hydrogens is 319 g/mol. The molecule has 1 aromatic rings. The number of methoxy groups -OCH3 is 1. The highest BCUT2D eigenvalue weighted by Crippen LogP contribution is 2.39. The van der Waals surface area contributed by atoms with Gasteiger partial charge in [0.15, 0.2) is 11.6 Å². The minimum atomic E-state index is -0.193. The standard InChI is InChI=1S/C17H24BrFO/c1-11(2)12-7-8-15(18)14(9-12)10-13-5-4-6-16(20-3)17(13)19/h4-6,11-12,14-15H,7-10H2,1-3H3. The predicted octanol–water partition coefficient (Wildman–Crippen LogP) is 5.21. The molecule has 1 aliphatic rings. The summed E-state index contributed by atoms with van der Waals surface area (Å²) in [5, 5.41) is 0. The Hall–Kier alpha value is -0.570. The quantitative estimate of drug-likeness (QED) is 0.682. The number of benzene rings is 1. The molecular formula is C17H24BrFO. The number of alkyl halides is 1. The topological polar surface area (TPSA) is 9.23 Å². The van der Waals surface area contributed by atoms with Crippen LogP contribution < -0.4 is 4.74 Å². The molecule has 112 valence electrons. The molecule has 1 nitrogen and oxygen atoms in total. The van der Waals surface area contributed by atoms with Gasteiger partial charge in [0.05, 0.1) is 7.11 Å². The molecule has 0 aromatic heterocycles. The third kappa shape index (κ3) is 3.55. The largest absolute Gasteiger partial charge is 0.494 e. The summed E-state index contributed by atoms with van der Waals surface area (Å²) >= 11 is 3.80. The van der Waals surface area contributed by atoms with Gasteiger partial charge in [-0.25, -0.2) is 4.39 Å². The second-order valence-corrected chi connectivity index (χ2v) is 7.41. The molecule has 3 heteroatoms. The maximum Gasteiger partial charge on any atom is 0.168 e. The van der Waals surface area contributed by atoms with E-state index in [1.807, 2.05) is 12.1 Å². The van der Waals surface area contributed by atoms with Crippen molar-refractivity contribution in [1.82, 2.24) is 0 Å². The monoisotopic (exact) mass is 342 g/mol. The average molecular weight is 343 g/mol. The molecule has 1 aliphatic carbocycles. The third-order valence-electron chi connectivity index (χ3n) is 4.62. The fraction of sp³-hybridized carbons (Fsp3) is 0.647. The molecule has 1 fully saturated rings. The van der Waals surface area contributed by atoms with Gasteiger partial charge >= 0.3 is 0 Å². The molecule has 1 aromatic carbocycles. The first kappa shape index (κ1) is 15.8. The predicted molar refractivity (Wildman–Crippen MR) is 85.0 cm³/mol. The van der Waals surface area contributed by atoms with Crippen LogP contribution in [0.5, 0.6) is 5.75 Å². The van der Waals surface area contributed by atoms with Crippen LogP contribution in [0.4, 0.5) is 4.39 Å². The molecule has 3 atom stereocenters. The molecule has 0 radical (unpaired) electrons. The Morgan fingerprint density at radius 3 is 2.75 bits per heavy atom. The number of halogens is 2. The Labute approximate surface area is 130 Å². The van der Waals surface area contributed by atoms with Crippen molar-refractivity contribution in [1.29, 1.82) is 0 Å². The second kappa shape index (κ2) is 6.93. The van der Waals surface area contributed by atoms with Gasteiger partial charge in [0, 0.05) is 4.83 Å². The van der Waals surface area contributed by atoms with Crippen LogP contribution in [0.15, 0.2) is 18.2 Å². The van der Waals surface area contributed by atoms with Crippen LogP contribution >= 0.6 is 15.9 Å². The fourth-order valence-corrected chi connectivity index (χ4v) is 3.90. The average Bonchev–Trinajstić information content (AvgIpc) is 2.43. The summed E-state index contributed by atoms with van der Waals surface area (Å²) in [4.78, 5) is 0.503. The van der Waals surface area contributed by atoms with Crippen molar-refractivity contribution in [2.75, 3.05) is 7.11 Å². The summed E-state index contributed by atoms with van der Waals surface area (Å²) in [5.74, 6) is 2.15. The lowest BCUT2D eigenvalue weighted by Crippen LogP contribution is -2.29. The minimum Gasteiger partial charge on any atom is -0.494 e. The zero-order chi connectivity index (χ0) is 14.7. The van der Waals surface area contributed by atoms with E-state index in [0.29, 0.717) is 22.4 Å². The maximum atomic E-state index is 14.3. The molecule has 0 saturated heterocycles. The first-order valence-corrected chi connectivity index (χ1v) is 8.40. The van der Waals surface area contributed by atoms with Gasteiger partial charge in [-0.05, 0) is 55.1 Å². The van der Waals surface area contributed by atoms with Crippen LogP contribution in [0, 0.1) is 23.6 Å². The van der Waals surface area contributed by atoms with Crippen LogP contribution in [-0.2, 0) is 6.42 Å². The van der Waals surface area contributed by atoms with Crippen molar-refractivity contribution in [2.45, 2.75) is 44.4 Å². The Morgan fingerprint density at radius 1 is 1.35 bits per heavy atom. The molecule has 3 unspecified atom stereocenters. The summed E-state index contributed by atoms with van der Waals surface area (Å²) in [5.41, 5.74) is 0.781. The Kier molecular flexibility index (Phi) is 5.48. The van der Waals surface area contributed by atoms with Crippen molar-refractivity contribution in [3.63, 3.8) is 0 Å². The van der Waals surface area contributed by atoms with Crippen molar-refractivity contribution in [2.24, 2.45) is 17.8 Å². The summed E-state index contributed by atoms with van der Waals surface area (Å²) in [7, 11) is 1.52. The van der Waals surface area contributed by atoms with Crippen LogP contribution in [0.1, 0.15) is 38.7 Å². The normalized spacial score (nSPS) is 26.8. The highest BCUT2D eigenvalue weighted by Gasteiger charge is 2.31. The Balaban J connectivity index is 2.11. The van der Waals surface area contributed by atoms with E-state index in [2.05, 4.69) is 29.8 Å². The number of hydrogen-bond donors (Lipinski definition) is 0. The summed E-state index contributed by atoms with van der Waals surface area (Å²) in [6.45, 7) is 4.59.